The third kappa shape index (κ3) is 5.11. The zero-order valence-electron chi connectivity index (χ0n) is 10.6. The van der Waals surface area contributed by atoms with Crippen LogP contribution in [0.25, 0.3) is 0 Å². The van der Waals surface area contributed by atoms with Crippen molar-refractivity contribution in [2.45, 2.75) is 32.7 Å². The molecule has 0 spiro atoms. The molecular formula is C11H23N3O2. The van der Waals surface area contributed by atoms with E-state index in [0.717, 1.165) is 6.42 Å². The lowest BCUT2D eigenvalue weighted by Crippen LogP contribution is -2.39. The number of rotatable bonds is 6. The third-order valence-corrected chi connectivity index (χ3v) is 2.63. The van der Waals surface area contributed by atoms with E-state index in [1.807, 2.05) is 6.92 Å². The van der Waals surface area contributed by atoms with Crippen LogP contribution in [0.4, 0.5) is 0 Å². The average Bonchev–Trinajstić information content (AvgIpc) is 2.27. The Morgan fingerprint density at radius 3 is 2.44 bits per heavy atom. The molecule has 0 fully saturated rings. The predicted molar refractivity (Wildman–Crippen MR) is 63.8 cm³/mol. The molecule has 0 aliphatic rings. The quantitative estimate of drug-likeness (QED) is 0.671. The van der Waals surface area contributed by atoms with E-state index >= 15 is 0 Å². The van der Waals surface area contributed by atoms with Crippen molar-refractivity contribution in [2.24, 2.45) is 11.7 Å². The fourth-order valence-electron chi connectivity index (χ4n) is 1.37. The topological polar surface area (TPSA) is 75.4 Å². The van der Waals surface area contributed by atoms with Gasteiger partial charge in [0.25, 0.3) is 0 Å². The number of carbonyl (C=O) groups excluding carboxylic acids is 2. The fourth-order valence-corrected chi connectivity index (χ4v) is 1.37. The van der Waals surface area contributed by atoms with Gasteiger partial charge in [0.15, 0.2) is 0 Å². The van der Waals surface area contributed by atoms with Gasteiger partial charge in [-0.2, -0.15) is 0 Å². The van der Waals surface area contributed by atoms with Crippen LogP contribution >= 0.6 is 0 Å². The van der Waals surface area contributed by atoms with Crippen LogP contribution in [0.1, 0.15) is 26.7 Å². The maximum atomic E-state index is 11.7. The lowest BCUT2D eigenvalue weighted by molar-refractivity contribution is -0.132. The molecule has 0 rings (SSSR count). The van der Waals surface area contributed by atoms with Gasteiger partial charge in [0.1, 0.15) is 0 Å². The van der Waals surface area contributed by atoms with Crippen LogP contribution in [0.5, 0.6) is 0 Å². The standard InChI is InChI=1S/C11H23N3O2/c1-5-9(12)6-10(15)14(4)7-8(2)11(16)13-3/h8-9H,5-7,12H2,1-4H3,(H,13,16). The van der Waals surface area contributed by atoms with Gasteiger partial charge in [-0.1, -0.05) is 13.8 Å². The summed E-state index contributed by atoms with van der Waals surface area (Å²) in [4.78, 5) is 24.5. The van der Waals surface area contributed by atoms with Crippen LogP contribution in [0.15, 0.2) is 0 Å². The van der Waals surface area contributed by atoms with Gasteiger partial charge >= 0.3 is 0 Å². The monoisotopic (exact) mass is 229 g/mol. The number of nitrogens with two attached hydrogens (primary N) is 1. The molecule has 5 nitrogen and oxygen atoms in total. The second-order valence-electron chi connectivity index (χ2n) is 4.16. The van der Waals surface area contributed by atoms with Gasteiger partial charge < -0.3 is 16.0 Å². The number of nitrogens with zero attached hydrogens (tertiary/aromatic N) is 1. The van der Waals surface area contributed by atoms with Crippen molar-refractivity contribution in [1.82, 2.24) is 10.2 Å². The van der Waals surface area contributed by atoms with E-state index in [2.05, 4.69) is 5.32 Å². The zero-order valence-corrected chi connectivity index (χ0v) is 10.6. The molecule has 2 unspecified atom stereocenters. The maximum Gasteiger partial charge on any atom is 0.224 e. The highest BCUT2D eigenvalue weighted by molar-refractivity contribution is 5.80. The lowest BCUT2D eigenvalue weighted by Gasteiger charge is -2.22. The fraction of sp³-hybridized carbons (Fsp3) is 0.818. The normalized spacial score (nSPS) is 14.1. The molecule has 0 aliphatic carbocycles. The van der Waals surface area contributed by atoms with Crippen molar-refractivity contribution in [3.63, 3.8) is 0 Å². The zero-order chi connectivity index (χ0) is 12.7. The molecule has 0 aromatic carbocycles. The molecule has 0 aromatic heterocycles. The molecule has 0 bridgehead atoms. The first-order chi connectivity index (χ1) is 7.42. The van der Waals surface area contributed by atoms with Gasteiger partial charge in [0, 0.05) is 33.1 Å². The molecule has 0 heterocycles. The Labute approximate surface area is 97.4 Å². The highest BCUT2D eigenvalue weighted by Crippen LogP contribution is 2.03. The second-order valence-corrected chi connectivity index (χ2v) is 4.16. The first-order valence-corrected chi connectivity index (χ1v) is 5.63. The van der Waals surface area contributed by atoms with Crippen molar-refractivity contribution in [1.29, 1.82) is 0 Å². The van der Waals surface area contributed by atoms with Crippen molar-refractivity contribution in [3.05, 3.63) is 0 Å². The minimum Gasteiger partial charge on any atom is -0.359 e. The predicted octanol–water partition coefficient (Wildman–Crippen LogP) is -0.0457. The largest absolute Gasteiger partial charge is 0.359 e. The maximum absolute atomic E-state index is 11.7. The molecule has 5 heteroatoms. The van der Waals surface area contributed by atoms with Crippen LogP contribution in [-0.4, -0.2) is 43.4 Å². The van der Waals surface area contributed by atoms with E-state index < -0.39 is 0 Å². The Hall–Kier alpha value is -1.10. The number of hydrogen-bond acceptors (Lipinski definition) is 3. The number of hydrogen-bond donors (Lipinski definition) is 2. The minimum atomic E-state index is -0.197. The summed E-state index contributed by atoms with van der Waals surface area (Å²) in [5.74, 6) is -0.263. The average molecular weight is 229 g/mol. The van der Waals surface area contributed by atoms with Gasteiger partial charge in [-0.3, -0.25) is 9.59 Å². The summed E-state index contributed by atoms with van der Waals surface area (Å²) in [6.07, 6.45) is 1.12. The van der Waals surface area contributed by atoms with E-state index in [1.54, 1.807) is 25.9 Å². The summed E-state index contributed by atoms with van der Waals surface area (Å²) in [6.45, 7) is 4.17. The Balaban J connectivity index is 4.09. The second kappa shape index (κ2) is 7.22. The first-order valence-electron chi connectivity index (χ1n) is 5.63. The SMILES string of the molecule is CCC(N)CC(=O)N(C)CC(C)C(=O)NC. The molecular weight excluding hydrogens is 206 g/mol. The Morgan fingerprint density at radius 1 is 1.44 bits per heavy atom. The van der Waals surface area contributed by atoms with Crippen LogP contribution in [0, 0.1) is 5.92 Å². The molecule has 0 aromatic rings. The van der Waals surface area contributed by atoms with E-state index in [9.17, 15) is 9.59 Å². The van der Waals surface area contributed by atoms with Crippen LogP contribution < -0.4 is 11.1 Å². The molecule has 16 heavy (non-hydrogen) atoms. The van der Waals surface area contributed by atoms with Gasteiger partial charge in [-0.25, -0.2) is 0 Å². The van der Waals surface area contributed by atoms with Crippen molar-refractivity contribution in [2.75, 3.05) is 20.6 Å². The number of nitrogens with one attached hydrogen (secondary N) is 1. The summed E-state index contributed by atoms with van der Waals surface area (Å²) < 4.78 is 0. The van der Waals surface area contributed by atoms with Gasteiger partial charge in [0.05, 0.1) is 5.92 Å². The smallest absolute Gasteiger partial charge is 0.224 e. The highest BCUT2D eigenvalue weighted by atomic mass is 16.2. The summed E-state index contributed by atoms with van der Waals surface area (Å²) >= 11 is 0. The third-order valence-electron chi connectivity index (χ3n) is 2.63. The minimum absolute atomic E-state index is 0.00916. The van der Waals surface area contributed by atoms with E-state index in [-0.39, 0.29) is 23.8 Å². The lowest BCUT2D eigenvalue weighted by atomic mass is 10.1. The van der Waals surface area contributed by atoms with Crippen molar-refractivity contribution >= 4 is 11.8 Å². The molecule has 0 saturated heterocycles. The molecule has 2 amide bonds. The van der Waals surface area contributed by atoms with Gasteiger partial charge in [-0.15, -0.1) is 0 Å². The van der Waals surface area contributed by atoms with Crippen LogP contribution in [0.2, 0.25) is 0 Å². The molecule has 0 saturated carbocycles. The number of carbonyl (C=O) groups is 2. The van der Waals surface area contributed by atoms with Crippen LogP contribution in [0.3, 0.4) is 0 Å². The Morgan fingerprint density at radius 2 is 2.00 bits per heavy atom. The highest BCUT2D eigenvalue weighted by Gasteiger charge is 2.18. The first kappa shape index (κ1) is 14.9. The number of amides is 2. The molecule has 94 valence electrons. The molecule has 2 atom stereocenters. The molecule has 0 radical (unpaired) electrons. The Kier molecular flexibility index (Phi) is 6.72. The van der Waals surface area contributed by atoms with Gasteiger partial charge in [-0.05, 0) is 6.42 Å². The molecule has 3 N–H and O–H groups in total. The van der Waals surface area contributed by atoms with E-state index in [1.165, 1.54) is 0 Å². The summed E-state index contributed by atoms with van der Waals surface area (Å²) in [5, 5.41) is 2.56. The van der Waals surface area contributed by atoms with Crippen LogP contribution in [-0.2, 0) is 9.59 Å². The van der Waals surface area contributed by atoms with Crippen molar-refractivity contribution in [3.8, 4) is 0 Å². The Bertz CT molecular complexity index is 243. The van der Waals surface area contributed by atoms with Gasteiger partial charge in [0.2, 0.25) is 11.8 Å². The van der Waals surface area contributed by atoms with Crippen molar-refractivity contribution < 1.29 is 9.59 Å². The summed E-state index contributed by atoms with van der Waals surface area (Å²) in [7, 11) is 3.29. The summed E-state index contributed by atoms with van der Waals surface area (Å²) in [5.41, 5.74) is 5.70. The summed E-state index contributed by atoms with van der Waals surface area (Å²) in [6, 6.07) is -0.0924. The molecule has 0 aliphatic heterocycles. The van der Waals surface area contributed by atoms with E-state index in [4.69, 9.17) is 5.73 Å². The van der Waals surface area contributed by atoms with E-state index in [0.29, 0.717) is 13.0 Å².